The zero-order chi connectivity index (χ0) is 12.5. The van der Waals surface area contributed by atoms with Crippen LogP contribution in [0.2, 0.25) is 0 Å². The van der Waals surface area contributed by atoms with Crippen molar-refractivity contribution >= 4 is 18.2 Å². The van der Waals surface area contributed by atoms with Crippen molar-refractivity contribution < 1.29 is 9.21 Å². The van der Waals surface area contributed by atoms with E-state index in [9.17, 15) is 4.79 Å². The number of hydrogen-bond donors (Lipinski definition) is 0. The monoisotopic (exact) mass is 264 g/mol. The largest absolute Gasteiger partial charge is 0.461 e. The van der Waals surface area contributed by atoms with Gasteiger partial charge in [0.2, 0.25) is 5.78 Å². The third-order valence-electron chi connectivity index (χ3n) is 2.72. The molecule has 0 aliphatic rings. The minimum absolute atomic E-state index is 0. The minimum atomic E-state index is -0.0567. The first-order chi connectivity index (χ1) is 8.00. The second-order valence-electron chi connectivity index (χ2n) is 5.10. The van der Waals surface area contributed by atoms with Crippen molar-refractivity contribution in [3.05, 3.63) is 59.5 Å². The molecule has 2 nitrogen and oxygen atoms in total. The third-order valence-corrected chi connectivity index (χ3v) is 2.72. The summed E-state index contributed by atoms with van der Waals surface area (Å²) in [6, 6.07) is 11.1. The van der Waals surface area contributed by atoms with Crippen LogP contribution >= 0.6 is 12.4 Å². The van der Waals surface area contributed by atoms with Crippen LogP contribution in [-0.2, 0) is 5.41 Å². The summed E-state index contributed by atoms with van der Waals surface area (Å²) in [7, 11) is 0. The predicted molar refractivity (Wildman–Crippen MR) is 74.5 cm³/mol. The van der Waals surface area contributed by atoms with E-state index in [-0.39, 0.29) is 23.6 Å². The molecule has 2 rings (SSSR count). The fourth-order valence-corrected chi connectivity index (χ4v) is 1.88. The lowest BCUT2D eigenvalue weighted by Gasteiger charge is -2.21. The van der Waals surface area contributed by atoms with Crippen molar-refractivity contribution in [3.8, 4) is 0 Å². The highest BCUT2D eigenvalue weighted by Gasteiger charge is 2.22. The van der Waals surface area contributed by atoms with Crippen molar-refractivity contribution in [3.63, 3.8) is 0 Å². The minimum Gasteiger partial charge on any atom is -0.461 e. The Morgan fingerprint density at radius 3 is 2.28 bits per heavy atom. The molecule has 3 heteroatoms. The van der Waals surface area contributed by atoms with Gasteiger partial charge in [-0.15, -0.1) is 12.4 Å². The standard InChI is InChI=1S/C15H16O2.ClH/c1-15(2,3)12-8-5-4-7-11(12)14(16)13-9-6-10-17-13;/h4-10H,1-3H3;1H. The molecular weight excluding hydrogens is 248 g/mol. The molecule has 0 aliphatic heterocycles. The molecule has 1 aromatic heterocycles. The van der Waals surface area contributed by atoms with E-state index < -0.39 is 0 Å². The van der Waals surface area contributed by atoms with Crippen molar-refractivity contribution in [1.82, 2.24) is 0 Å². The molecule has 0 bridgehead atoms. The van der Waals surface area contributed by atoms with Crippen LogP contribution in [0.25, 0.3) is 0 Å². The molecular formula is C15H17ClO2. The topological polar surface area (TPSA) is 30.2 Å². The second-order valence-corrected chi connectivity index (χ2v) is 5.10. The quantitative estimate of drug-likeness (QED) is 0.760. The number of ketones is 1. The second kappa shape index (κ2) is 5.40. The summed E-state index contributed by atoms with van der Waals surface area (Å²) in [5.74, 6) is 0.335. The Balaban J connectivity index is 0.00000162. The molecule has 18 heavy (non-hydrogen) atoms. The summed E-state index contributed by atoms with van der Waals surface area (Å²) in [4.78, 5) is 12.3. The van der Waals surface area contributed by atoms with Gasteiger partial charge in [0.1, 0.15) is 0 Å². The molecule has 96 valence electrons. The maximum atomic E-state index is 12.3. The number of furan rings is 1. The zero-order valence-corrected chi connectivity index (χ0v) is 11.6. The average molecular weight is 265 g/mol. The fraction of sp³-hybridized carbons (Fsp3) is 0.267. The van der Waals surface area contributed by atoms with Crippen LogP contribution in [0.1, 0.15) is 42.5 Å². The van der Waals surface area contributed by atoms with Crippen molar-refractivity contribution in [1.29, 1.82) is 0 Å². The molecule has 0 unspecified atom stereocenters. The Morgan fingerprint density at radius 1 is 1.06 bits per heavy atom. The van der Waals surface area contributed by atoms with E-state index >= 15 is 0 Å². The first kappa shape index (κ1) is 14.5. The highest BCUT2D eigenvalue weighted by Crippen LogP contribution is 2.27. The summed E-state index contributed by atoms with van der Waals surface area (Å²) in [5.41, 5.74) is 1.70. The van der Waals surface area contributed by atoms with Gasteiger partial charge >= 0.3 is 0 Å². The average Bonchev–Trinajstić information content (AvgIpc) is 2.80. The van der Waals surface area contributed by atoms with Gasteiger partial charge in [-0.3, -0.25) is 4.79 Å². The van der Waals surface area contributed by atoms with Gasteiger partial charge in [0.05, 0.1) is 6.26 Å². The van der Waals surface area contributed by atoms with E-state index in [2.05, 4.69) is 20.8 Å². The van der Waals surface area contributed by atoms with Gasteiger partial charge in [0.25, 0.3) is 0 Å². The number of hydrogen-bond acceptors (Lipinski definition) is 2. The molecule has 1 aromatic carbocycles. The van der Waals surface area contributed by atoms with Gasteiger partial charge in [-0.1, -0.05) is 45.0 Å². The number of benzene rings is 1. The van der Waals surface area contributed by atoms with Gasteiger partial charge in [0, 0.05) is 5.56 Å². The molecule has 0 radical (unpaired) electrons. The SMILES string of the molecule is CC(C)(C)c1ccccc1C(=O)c1ccco1.Cl. The zero-order valence-electron chi connectivity index (χ0n) is 10.8. The van der Waals surface area contributed by atoms with E-state index in [0.717, 1.165) is 11.1 Å². The summed E-state index contributed by atoms with van der Waals surface area (Å²) >= 11 is 0. The van der Waals surface area contributed by atoms with Crippen molar-refractivity contribution in [2.75, 3.05) is 0 Å². The van der Waals surface area contributed by atoms with Gasteiger partial charge in [-0.25, -0.2) is 0 Å². The number of halogens is 1. The van der Waals surface area contributed by atoms with E-state index in [0.29, 0.717) is 5.76 Å². The van der Waals surface area contributed by atoms with Crippen LogP contribution in [0.5, 0.6) is 0 Å². The Hall–Kier alpha value is -1.54. The molecule has 0 fully saturated rings. The highest BCUT2D eigenvalue weighted by atomic mass is 35.5. The maximum absolute atomic E-state index is 12.3. The Kier molecular flexibility index (Phi) is 4.36. The molecule has 1 heterocycles. The summed E-state index contributed by atoms with van der Waals surface area (Å²) < 4.78 is 5.17. The van der Waals surface area contributed by atoms with Crippen LogP contribution in [0, 0.1) is 0 Å². The maximum Gasteiger partial charge on any atom is 0.228 e. The lowest BCUT2D eigenvalue weighted by Crippen LogP contribution is -2.17. The first-order valence-electron chi connectivity index (χ1n) is 5.68. The Labute approximate surface area is 113 Å². The predicted octanol–water partition coefficient (Wildman–Crippen LogP) is 4.23. The molecule has 0 atom stereocenters. The number of rotatable bonds is 2. The van der Waals surface area contributed by atoms with Crippen LogP contribution in [-0.4, -0.2) is 5.78 Å². The smallest absolute Gasteiger partial charge is 0.228 e. The van der Waals surface area contributed by atoms with Crippen LogP contribution < -0.4 is 0 Å². The number of carbonyl (C=O) groups is 1. The summed E-state index contributed by atoms with van der Waals surface area (Å²) in [5, 5.41) is 0. The molecule has 2 aromatic rings. The fourth-order valence-electron chi connectivity index (χ4n) is 1.88. The van der Waals surface area contributed by atoms with Crippen LogP contribution in [0.3, 0.4) is 0 Å². The van der Waals surface area contributed by atoms with Crippen molar-refractivity contribution in [2.24, 2.45) is 0 Å². The molecule has 0 saturated carbocycles. The summed E-state index contributed by atoms with van der Waals surface area (Å²) in [6.07, 6.45) is 1.52. The van der Waals surface area contributed by atoms with Gasteiger partial charge in [0.15, 0.2) is 5.76 Å². The lowest BCUT2D eigenvalue weighted by molar-refractivity contribution is 0.101. The van der Waals surface area contributed by atoms with Crippen LogP contribution in [0.4, 0.5) is 0 Å². The summed E-state index contributed by atoms with van der Waals surface area (Å²) in [6.45, 7) is 6.30. The first-order valence-corrected chi connectivity index (χ1v) is 5.68. The Bertz CT molecular complexity index is 522. The lowest BCUT2D eigenvalue weighted by atomic mass is 9.82. The third kappa shape index (κ3) is 2.82. The van der Waals surface area contributed by atoms with Crippen molar-refractivity contribution in [2.45, 2.75) is 26.2 Å². The van der Waals surface area contributed by atoms with Gasteiger partial charge < -0.3 is 4.42 Å². The van der Waals surface area contributed by atoms with E-state index in [1.165, 1.54) is 6.26 Å². The van der Waals surface area contributed by atoms with Gasteiger partial charge in [-0.2, -0.15) is 0 Å². The normalized spacial score (nSPS) is 10.8. The molecule has 0 N–H and O–H groups in total. The molecule has 0 amide bonds. The molecule has 0 saturated heterocycles. The Morgan fingerprint density at radius 2 is 1.72 bits per heavy atom. The van der Waals surface area contributed by atoms with E-state index in [4.69, 9.17) is 4.42 Å². The van der Waals surface area contributed by atoms with E-state index in [1.807, 2.05) is 24.3 Å². The van der Waals surface area contributed by atoms with Crippen LogP contribution in [0.15, 0.2) is 47.1 Å². The molecule has 0 aliphatic carbocycles. The highest BCUT2D eigenvalue weighted by molar-refractivity contribution is 6.08. The number of carbonyl (C=O) groups excluding carboxylic acids is 1. The van der Waals surface area contributed by atoms with Gasteiger partial charge in [-0.05, 0) is 23.1 Å². The van der Waals surface area contributed by atoms with E-state index in [1.54, 1.807) is 12.1 Å². The molecule has 0 spiro atoms.